The fraction of sp³-hybridized carbons (Fsp3) is 0.250. The van der Waals surface area contributed by atoms with E-state index in [0.29, 0.717) is 6.61 Å². The molecule has 3 aromatic rings. The molecule has 0 spiro atoms. The molecule has 0 N–H and O–H groups in total. The summed E-state index contributed by atoms with van der Waals surface area (Å²) in [5, 5.41) is 8.67. The molecule has 2 aromatic heterocycles. The molecule has 2 heterocycles. The van der Waals surface area contributed by atoms with Crippen LogP contribution in [-0.4, -0.2) is 14.9 Å². The van der Waals surface area contributed by atoms with E-state index in [2.05, 4.69) is 10.3 Å². The van der Waals surface area contributed by atoms with Crippen molar-refractivity contribution in [2.45, 2.75) is 19.4 Å². The Morgan fingerprint density at radius 2 is 2.10 bits per heavy atom. The van der Waals surface area contributed by atoms with Gasteiger partial charge in [-0.05, 0) is 18.4 Å². The Hall–Kier alpha value is -2.56. The van der Waals surface area contributed by atoms with Crippen LogP contribution < -0.4 is 4.74 Å². The molecular formula is C16H15N3O2. The van der Waals surface area contributed by atoms with Crippen LogP contribution in [0.1, 0.15) is 16.8 Å². The number of aromatic nitrogens is 3. The van der Waals surface area contributed by atoms with Crippen molar-refractivity contribution in [3.05, 3.63) is 53.4 Å². The van der Waals surface area contributed by atoms with Crippen molar-refractivity contribution in [3.8, 4) is 17.1 Å². The van der Waals surface area contributed by atoms with Gasteiger partial charge in [-0.15, -0.1) is 0 Å². The standard InChI is InChI=1S/C16H15N3O2/c1-19-16(20-9-11-5-3-2-4-6-11)14-13(17-19)8-7-12-10-21-18-15(12)14/h2-6,10H,7-9H2,1H3. The Bertz CT molecular complexity index is 774. The molecule has 0 unspecified atom stereocenters. The van der Waals surface area contributed by atoms with E-state index in [1.54, 1.807) is 10.9 Å². The summed E-state index contributed by atoms with van der Waals surface area (Å²) in [5.74, 6) is 0.753. The van der Waals surface area contributed by atoms with Crippen molar-refractivity contribution in [2.75, 3.05) is 0 Å². The minimum absolute atomic E-state index is 0.514. The lowest BCUT2D eigenvalue weighted by Crippen LogP contribution is -2.03. The molecular weight excluding hydrogens is 266 g/mol. The third kappa shape index (κ3) is 2.01. The second-order valence-corrected chi connectivity index (χ2v) is 5.21. The van der Waals surface area contributed by atoms with Gasteiger partial charge in [-0.25, -0.2) is 4.68 Å². The molecule has 0 fully saturated rings. The Kier molecular flexibility index (Phi) is 2.77. The molecule has 5 nitrogen and oxygen atoms in total. The third-order valence-electron chi connectivity index (χ3n) is 3.80. The summed E-state index contributed by atoms with van der Waals surface area (Å²) in [6.45, 7) is 0.514. The number of nitrogens with zero attached hydrogens (tertiary/aromatic N) is 3. The summed E-state index contributed by atoms with van der Waals surface area (Å²) in [5.41, 5.74) is 5.13. The Labute approximate surface area is 122 Å². The molecule has 0 aliphatic heterocycles. The lowest BCUT2D eigenvalue weighted by molar-refractivity contribution is 0.279. The maximum atomic E-state index is 6.01. The Balaban J connectivity index is 1.69. The van der Waals surface area contributed by atoms with E-state index < -0.39 is 0 Å². The van der Waals surface area contributed by atoms with Crippen LogP contribution >= 0.6 is 0 Å². The highest BCUT2D eigenvalue weighted by Crippen LogP contribution is 2.38. The Morgan fingerprint density at radius 1 is 1.24 bits per heavy atom. The number of fused-ring (bicyclic) bond motifs is 3. The molecule has 106 valence electrons. The van der Waals surface area contributed by atoms with Crippen LogP contribution in [0.25, 0.3) is 11.3 Å². The highest BCUT2D eigenvalue weighted by atomic mass is 16.5. The largest absolute Gasteiger partial charge is 0.472 e. The van der Waals surface area contributed by atoms with Crippen LogP contribution in [0.3, 0.4) is 0 Å². The van der Waals surface area contributed by atoms with Crippen molar-refractivity contribution in [3.63, 3.8) is 0 Å². The van der Waals surface area contributed by atoms with Gasteiger partial charge < -0.3 is 9.26 Å². The number of ether oxygens (including phenoxy) is 1. The van der Waals surface area contributed by atoms with Crippen molar-refractivity contribution >= 4 is 0 Å². The summed E-state index contributed by atoms with van der Waals surface area (Å²) in [7, 11) is 1.90. The maximum absolute atomic E-state index is 6.01. The summed E-state index contributed by atoms with van der Waals surface area (Å²) in [4.78, 5) is 0. The number of rotatable bonds is 3. The fourth-order valence-corrected chi connectivity index (χ4v) is 2.76. The maximum Gasteiger partial charge on any atom is 0.221 e. The molecule has 0 saturated heterocycles. The Morgan fingerprint density at radius 3 is 2.95 bits per heavy atom. The average molecular weight is 281 g/mol. The van der Waals surface area contributed by atoms with E-state index in [1.165, 1.54) is 0 Å². The molecule has 1 aromatic carbocycles. The lowest BCUT2D eigenvalue weighted by Gasteiger charge is -2.11. The summed E-state index contributed by atoms with van der Waals surface area (Å²) < 4.78 is 12.9. The molecule has 0 amide bonds. The molecule has 5 heteroatoms. The average Bonchev–Trinajstić information content (AvgIpc) is 3.09. The topological polar surface area (TPSA) is 53.1 Å². The van der Waals surface area contributed by atoms with Gasteiger partial charge in [0.15, 0.2) is 0 Å². The number of benzene rings is 1. The van der Waals surface area contributed by atoms with E-state index >= 15 is 0 Å². The van der Waals surface area contributed by atoms with Crippen molar-refractivity contribution in [1.29, 1.82) is 0 Å². The van der Waals surface area contributed by atoms with Gasteiger partial charge in [-0.3, -0.25) is 0 Å². The minimum Gasteiger partial charge on any atom is -0.472 e. The molecule has 0 saturated carbocycles. The van der Waals surface area contributed by atoms with Gasteiger partial charge in [0.05, 0.1) is 11.3 Å². The number of hydrogen-bond acceptors (Lipinski definition) is 4. The second-order valence-electron chi connectivity index (χ2n) is 5.21. The number of aryl methyl sites for hydroxylation is 3. The highest BCUT2D eigenvalue weighted by molar-refractivity contribution is 5.72. The van der Waals surface area contributed by atoms with E-state index in [0.717, 1.165) is 46.8 Å². The zero-order chi connectivity index (χ0) is 14.2. The second kappa shape index (κ2) is 4.77. The van der Waals surface area contributed by atoms with Crippen LogP contribution in [-0.2, 0) is 26.5 Å². The third-order valence-corrected chi connectivity index (χ3v) is 3.80. The monoisotopic (exact) mass is 281 g/mol. The van der Waals surface area contributed by atoms with E-state index in [1.807, 2.05) is 37.4 Å². The van der Waals surface area contributed by atoms with Crippen LogP contribution in [0.2, 0.25) is 0 Å². The van der Waals surface area contributed by atoms with Gasteiger partial charge in [0.1, 0.15) is 18.6 Å². The van der Waals surface area contributed by atoms with Crippen molar-refractivity contribution < 1.29 is 9.26 Å². The highest BCUT2D eigenvalue weighted by Gasteiger charge is 2.28. The minimum atomic E-state index is 0.514. The first-order valence-corrected chi connectivity index (χ1v) is 6.99. The normalized spacial score (nSPS) is 12.8. The first kappa shape index (κ1) is 12.2. The van der Waals surface area contributed by atoms with Gasteiger partial charge in [0, 0.05) is 12.6 Å². The van der Waals surface area contributed by atoms with Gasteiger partial charge in [0.25, 0.3) is 0 Å². The van der Waals surface area contributed by atoms with Crippen LogP contribution in [0.15, 0.2) is 41.1 Å². The SMILES string of the molecule is Cn1nc2c(c1OCc1ccccc1)-c1nocc1CC2. The molecule has 0 radical (unpaired) electrons. The van der Waals surface area contributed by atoms with E-state index in [9.17, 15) is 0 Å². The summed E-state index contributed by atoms with van der Waals surface area (Å²) >= 11 is 0. The summed E-state index contributed by atoms with van der Waals surface area (Å²) in [6, 6.07) is 10.1. The van der Waals surface area contributed by atoms with Crippen molar-refractivity contribution in [1.82, 2.24) is 14.9 Å². The predicted octanol–water partition coefficient (Wildman–Crippen LogP) is 2.75. The van der Waals surface area contributed by atoms with Gasteiger partial charge in [0.2, 0.25) is 5.88 Å². The smallest absolute Gasteiger partial charge is 0.221 e. The van der Waals surface area contributed by atoms with Gasteiger partial charge in [-0.1, -0.05) is 35.5 Å². The lowest BCUT2D eigenvalue weighted by atomic mass is 9.96. The number of hydrogen-bond donors (Lipinski definition) is 0. The van der Waals surface area contributed by atoms with Crippen LogP contribution in [0.5, 0.6) is 5.88 Å². The first-order chi connectivity index (χ1) is 10.3. The molecule has 1 aliphatic carbocycles. The molecule has 1 aliphatic rings. The zero-order valence-electron chi connectivity index (χ0n) is 11.7. The van der Waals surface area contributed by atoms with Gasteiger partial charge in [-0.2, -0.15) is 5.10 Å². The molecule has 0 atom stereocenters. The summed E-state index contributed by atoms with van der Waals surface area (Å²) in [6.07, 6.45) is 3.53. The fourth-order valence-electron chi connectivity index (χ4n) is 2.76. The predicted molar refractivity (Wildman–Crippen MR) is 76.9 cm³/mol. The van der Waals surface area contributed by atoms with Crippen molar-refractivity contribution in [2.24, 2.45) is 7.05 Å². The van der Waals surface area contributed by atoms with Crippen LogP contribution in [0.4, 0.5) is 0 Å². The molecule has 0 bridgehead atoms. The molecule has 4 rings (SSSR count). The van der Waals surface area contributed by atoms with Gasteiger partial charge >= 0.3 is 0 Å². The first-order valence-electron chi connectivity index (χ1n) is 6.99. The van der Waals surface area contributed by atoms with E-state index in [-0.39, 0.29) is 0 Å². The zero-order valence-corrected chi connectivity index (χ0v) is 11.7. The van der Waals surface area contributed by atoms with E-state index in [4.69, 9.17) is 9.26 Å². The quantitative estimate of drug-likeness (QED) is 0.740. The molecule has 21 heavy (non-hydrogen) atoms. The van der Waals surface area contributed by atoms with Crippen LogP contribution in [0, 0.1) is 0 Å².